The first kappa shape index (κ1) is 16.4. The molecule has 26 heavy (non-hydrogen) atoms. The molecule has 0 fully saturated rings. The Morgan fingerprint density at radius 3 is 2.27 bits per heavy atom. The molecule has 4 aromatic rings. The van der Waals surface area contributed by atoms with E-state index in [1.54, 1.807) is 68.0 Å². The Labute approximate surface area is 150 Å². The van der Waals surface area contributed by atoms with E-state index in [2.05, 4.69) is 4.98 Å². The highest BCUT2D eigenvalue weighted by atomic mass is 32.2. The standard InChI is InChI=1S/C19H16N2O4S/c1-24-18-10-15-14-8-9-20-12-17(14)21(16(15)11-19(18)25-2)26(22,23)13-6-4-3-5-7-13/h3-12H,1-2H3. The van der Waals surface area contributed by atoms with E-state index < -0.39 is 10.0 Å². The van der Waals surface area contributed by atoms with Crippen molar-refractivity contribution in [2.75, 3.05) is 14.2 Å². The van der Waals surface area contributed by atoms with Gasteiger partial charge in [-0.2, -0.15) is 0 Å². The molecular formula is C19H16N2O4S. The molecule has 0 saturated heterocycles. The van der Waals surface area contributed by atoms with E-state index in [9.17, 15) is 8.42 Å². The van der Waals surface area contributed by atoms with Gasteiger partial charge in [-0.3, -0.25) is 4.98 Å². The van der Waals surface area contributed by atoms with Crippen molar-refractivity contribution in [3.8, 4) is 11.5 Å². The van der Waals surface area contributed by atoms with Gasteiger partial charge in [-0.05, 0) is 24.3 Å². The van der Waals surface area contributed by atoms with Gasteiger partial charge < -0.3 is 9.47 Å². The fourth-order valence-electron chi connectivity index (χ4n) is 3.11. The van der Waals surface area contributed by atoms with Crippen molar-refractivity contribution in [2.24, 2.45) is 0 Å². The molecule has 132 valence electrons. The third-order valence-electron chi connectivity index (χ3n) is 4.31. The summed E-state index contributed by atoms with van der Waals surface area (Å²) in [7, 11) is -0.749. The second kappa shape index (κ2) is 6.03. The fraction of sp³-hybridized carbons (Fsp3) is 0.105. The summed E-state index contributed by atoms with van der Waals surface area (Å²) in [4.78, 5) is 4.32. The van der Waals surface area contributed by atoms with E-state index in [1.807, 2.05) is 0 Å². The van der Waals surface area contributed by atoms with Crippen molar-refractivity contribution in [3.63, 3.8) is 0 Å². The zero-order valence-corrected chi connectivity index (χ0v) is 15.0. The molecule has 0 spiro atoms. The first-order chi connectivity index (χ1) is 12.6. The maximum atomic E-state index is 13.3. The van der Waals surface area contributed by atoms with Crippen LogP contribution in [0.15, 0.2) is 65.8 Å². The van der Waals surface area contributed by atoms with Gasteiger partial charge in [0.05, 0.1) is 36.3 Å². The Morgan fingerprint density at radius 1 is 0.885 bits per heavy atom. The van der Waals surface area contributed by atoms with Gasteiger partial charge in [0.1, 0.15) is 0 Å². The molecule has 0 aliphatic carbocycles. The Balaban J connectivity index is 2.17. The van der Waals surface area contributed by atoms with Crippen molar-refractivity contribution < 1.29 is 17.9 Å². The monoisotopic (exact) mass is 368 g/mol. The van der Waals surface area contributed by atoms with Crippen LogP contribution >= 0.6 is 0 Å². The lowest BCUT2D eigenvalue weighted by Crippen LogP contribution is -2.12. The maximum absolute atomic E-state index is 13.3. The minimum Gasteiger partial charge on any atom is -0.493 e. The van der Waals surface area contributed by atoms with Gasteiger partial charge in [0.25, 0.3) is 10.0 Å². The first-order valence-electron chi connectivity index (χ1n) is 7.88. The molecule has 0 aliphatic heterocycles. The second-order valence-corrected chi connectivity index (χ2v) is 7.49. The summed E-state index contributed by atoms with van der Waals surface area (Å²) in [5, 5.41) is 1.52. The number of hydrogen-bond acceptors (Lipinski definition) is 5. The molecular weight excluding hydrogens is 352 g/mol. The number of aromatic nitrogens is 2. The second-order valence-electron chi connectivity index (χ2n) is 5.70. The number of benzene rings is 2. The highest BCUT2D eigenvalue weighted by Gasteiger charge is 2.24. The maximum Gasteiger partial charge on any atom is 0.268 e. The van der Waals surface area contributed by atoms with Crippen LogP contribution in [0.4, 0.5) is 0 Å². The third kappa shape index (κ3) is 2.32. The smallest absolute Gasteiger partial charge is 0.268 e. The molecule has 2 aromatic carbocycles. The van der Waals surface area contributed by atoms with Crippen LogP contribution in [0.2, 0.25) is 0 Å². The van der Waals surface area contributed by atoms with E-state index in [0.29, 0.717) is 22.5 Å². The van der Waals surface area contributed by atoms with Crippen LogP contribution in [-0.2, 0) is 10.0 Å². The minimum absolute atomic E-state index is 0.206. The average molecular weight is 368 g/mol. The van der Waals surface area contributed by atoms with Gasteiger partial charge in [-0.25, -0.2) is 12.4 Å². The largest absolute Gasteiger partial charge is 0.493 e. The van der Waals surface area contributed by atoms with Crippen LogP contribution in [0.1, 0.15) is 0 Å². The molecule has 0 unspecified atom stereocenters. The topological polar surface area (TPSA) is 70.4 Å². The van der Waals surface area contributed by atoms with Crippen molar-refractivity contribution in [2.45, 2.75) is 4.90 Å². The Morgan fingerprint density at radius 2 is 1.58 bits per heavy atom. The van der Waals surface area contributed by atoms with Crippen molar-refractivity contribution in [1.82, 2.24) is 8.96 Å². The van der Waals surface area contributed by atoms with E-state index in [1.165, 1.54) is 11.1 Å². The van der Waals surface area contributed by atoms with Crippen LogP contribution < -0.4 is 9.47 Å². The van der Waals surface area contributed by atoms with Gasteiger partial charge in [0, 0.05) is 23.0 Å². The predicted molar refractivity (Wildman–Crippen MR) is 99.4 cm³/mol. The number of pyridine rings is 1. The Bertz CT molecular complexity index is 1210. The summed E-state index contributed by atoms with van der Waals surface area (Å²) in [6, 6.07) is 13.6. The highest BCUT2D eigenvalue weighted by molar-refractivity contribution is 7.90. The summed E-state index contributed by atoms with van der Waals surface area (Å²) in [6.07, 6.45) is 3.19. The first-order valence-corrected chi connectivity index (χ1v) is 9.32. The molecule has 0 aliphatic rings. The van der Waals surface area contributed by atoms with E-state index in [0.717, 1.165) is 10.8 Å². The summed E-state index contributed by atoms with van der Waals surface area (Å²) < 4.78 is 38.7. The molecule has 0 saturated carbocycles. The van der Waals surface area contributed by atoms with E-state index in [4.69, 9.17) is 9.47 Å². The van der Waals surface area contributed by atoms with E-state index in [-0.39, 0.29) is 4.90 Å². The number of fused-ring (bicyclic) bond motifs is 3. The average Bonchev–Trinajstić information content (AvgIpc) is 3.01. The number of hydrogen-bond donors (Lipinski definition) is 0. The number of methoxy groups -OCH3 is 2. The Kier molecular flexibility index (Phi) is 3.81. The van der Waals surface area contributed by atoms with Crippen molar-refractivity contribution in [1.29, 1.82) is 0 Å². The zero-order valence-electron chi connectivity index (χ0n) is 14.2. The fourth-order valence-corrected chi connectivity index (χ4v) is 4.64. The minimum atomic E-state index is -3.81. The van der Waals surface area contributed by atoms with E-state index >= 15 is 0 Å². The van der Waals surface area contributed by atoms with Crippen molar-refractivity contribution >= 4 is 31.8 Å². The lowest BCUT2D eigenvalue weighted by Gasteiger charge is -2.11. The van der Waals surface area contributed by atoms with Crippen LogP contribution in [0, 0.1) is 0 Å². The number of ether oxygens (including phenoxy) is 2. The summed E-state index contributed by atoms with van der Waals surface area (Å²) in [6.45, 7) is 0. The molecule has 0 atom stereocenters. The Hall–Kier alpha value is -3.06. The van der Waals surface area contributed by atoms with Gasteiger partial charge in [-0.15, -0.1) is 0 Å². The summed E-state index contributed by atoms with van der Waals surface area (Å²) in [5.74, 6) is 0.994. The summed E-state index contributed by atoms with van der Waals surface area (Å²) in [5.41, 5.74) is 1.01. The molecule has 7 heteroatoms. The van der Waals surface area contributed by atoms with Gasteiger partial charge in [0.2, 0.25) is 0 Å². The molecule has 2 heterocycles. The lowest BCUT2D eigenvalue weighted by molar-refractivity contribution is 0.356. The predicted octanol–water partition coefficient (Wildman–Crippen LogP) is 3.44. The van der Waals surface area contributed by atoms with Crippen molar-refractivity contribution in [3.05, 3.63) is 60.9 Å². The number of nitrogens with zero attached hydrogens (tertiary/aromatic N) is 2. The molecule has 0 amide bonds. The van der Waals surface area contributed by atoms with Crippen LogP contribution in [-0.4, -0.2) is 31.6 Å². The number of rotatable bonds is 4. The third-order valence-corrected chi connectivity index (χ3v) is 6.05. The van der Waals surface area contributed by atoms with Crippen LogP contribution in [0.25, 0.3) is 21.8 Å². The highest BCUT2D eigenvalue weighted by Crippen LogP contribution is 2.38. The lowest BCUT2D eigenvalue weighted by atomic mass is 10.1. The zero-order chi connectivity index (χ0) is 18.3. The SMILES string of the molecule is COc1cc2c3ccncc3n(S(=O)(=O)c3ccccc3)c2cc1OC. The molecule has 0 radical (unpaired) electrons. The quantitative estimate of drug-likeness (QED) is 0.552. The molecule has 4 rings (SSSR count). The van der Waals surface area contributed by atoms with Gasteiger partial charge >= 0.3 is 0 Å². The van der Waals surface area contributed by atoms with Crippen LogP contribution in [0.5, 0.6) is 11.5 Å². The van der Waals surface area contributed by atoms with Gasteiger partial charge in [-0.1, -0.05) is 18.2 Å². The summed E-state index contributed by atoms with van der Waals surface area (Å²) >= 11 is 0. The molecule has 6 nitrogen and oxygen atoms in total. The molecule has 2 aromatic heterocycles. The molecule has 0 N–H and O–H groups in total. The molecule has 0 bridgehead atoms. The van der Waals surface area contributed by atoms with Gasteiger partial charge in [0.15, 0.2) is 11.5 Å². The normalized spacial score (nSPS) is 11.8. The van der Waals surface area contributed by atoms with Crippen LogP contribution in [0.3, 0.4) is 0 Å².